The van der Waals surface area contributed by atoms with Gasteiger partial charge in [0.2, 0.25) is 0 Å². The molecule has 3 aromatic rings. The molecule has 3 heterocycles. The van der Waals surface area contributed by atoms with Crippen LogP contribution < -0.4 is 5.32 Å². The minimum absolute atomic E-state index is 0.420. The number of oxazole rings is 1. The van der Waals surface area contributed by atoms with Crippen LogP contribution in [0.25, 0.3) is 5.65 Å². The Morgan fingerprint density at radius 2 is 2.30 bits per heavy atom. The van der Waals surface area contributed by atoms with Crippen LogP contribution >= 0.6 is 11.8 Å². The summed E-state index contributed by atoms with van der Waals surface area (Å²) < 4.78 is 7.39. The van der Waals surface area contributed by atoms with Crippen LogP contribution in [0.5, 0.6) is 0 Å². The van der Waals surface area contributed by atoms with Crippen molar-refractivity contribution in [2.24, 2.45) is 0 Å². The van der Waals surface area contributed by atoms with E-state index in [1.165, 1.54) is 11.8 Å². The van der Waals surface area contributed by atoms with Crippen molar-refractivity contribution in [2.45, 2.75) is 36.7 Å². The molecular weight excluding hydrogens is 272 g/mol. The molecule has 20 heavy (non-hydrogen) atoms. The summed E-state index contributed by atoms with van der Waals surface area (Å²) in [6.45, 7) is 5.01. The number of pyridine rings is 1. The highest BCUT2D eigenvalue weighted by Gasteiger charge is 2.15. The highest BCUT2D eigenvalue weighted by atomic mass is 32.2. The van der Waals surface area contributed by atoms with Gasteiger partial charge >= 0.3 is 0 Å². The summed E-state index contributed by atoms with van der Waals surface area (Å²) in [5.41, 5.74) is 2.06. The molecule has 0 radical (unpaired) electrons. The first kappa shape index (κ1) is 13.2. The fourth-order valence-electron chi connectivity index (χ4n) is 1.91. The van der Waals surface area contributed by atoms with Gasteiger partial charge in [-0.1, -0.05) is 19.9 Å². The SMILES string of the molecule is CC(C)NCc1c(Sc2ncco2)nc2ccccn12. The molecule has 3 aromatic heterocycles. The maximum Gasteiger partial charge on any atom is 0.262 e. The fourth-order valence-corrected chi connectivity index (χ4v) is 2.72. The number of fused-ring (bicyclic) bond motifs is 1. The predicted molar refractivity (Wildman–Crippen MR) is 77.8 cm³/mol. The number of nitrogens with one attached hydrogen (secondary N) is 1. The van der Waals surface area contributed by atoms with Crippen LogP contribution in [-0.4, -0.2) is 20.4 Å². The van der Waals surface area contributed by atoms with Crippen molar-refractivity contribution in [3.8, 4) is 0 Å². The Balaban J connectivity index is 1.98. The lowest BCUT2D eigenvalue weighted by Crippen LogP contribution is -2.23. The Labute approximate surface area is 121 Å². The predicted octanol–water partition coefficient (Wildman–Crippen LogP) is 2.97. The van der Waals surface area contributed by atoms with Gasteiger partial charge in [-0.2, -0.15) is 0 Å². The van der Waals surface area contributed by atoms with E-state index < -0.39 is 0 Å². The molecule has 3 rings (SSSR count). The fraction of sp³-hybridized carbons (Fsp3) is 0.286. The van der Waals surface area contributed by atoms with Crippen molar-refractivity contribution >= 4 is 17.4 Å². The first-order valence-corrected chi connectivity index (χ1v) is 7.32. The Hall–Kier alpha value is -1.79. The van der Waals surface area contributed by atoms with Crippen molar-refractivity contribution in [2.75, 3.05) is 0 Å². The van der Waals surface area contributed by atoms with Gasteiger partial charge in [0.1, 0.15) is 16.9 Å². The van der Waals surface area contributed by atoms with E-state index in [4.69, 9.17) is 4.42 Å². The van der Waals surface area contributed by atoms with Gasteiger partial charge < -0.3 is 14.1 Å². The Bertz CT molecular complexity index is 690. The summed E-state index contributed by atoms with van der Waals surface area (Å²) in [6.07, 6.45) is 5.24. The lowest BCUT2D eigenvalue weighted by molar-refractivity contribution is 0.453. The minimum atomic E-state index is 0.420. The second-order valence-electron chi connectivity index (χ2n) is 4.73. The largest absolute Gasteiger partial charge is 0.440 e. The topological polar surface area (TPSA) is 55.4 Å². The average molecular weight is 288 g/mol. The molecular formula is C14H16N4OS. The molecule has 0 fully saturated rings. The summed E-state index contributed by atoms with van der Waals surface area (Å²) in [4.78, 5) is 8.80. The summed E-state index contributed by atoms with van der Waals surface area (Å²) >= 11 is 1.45. The molecule has 6 heteroatoms. The van der Waals surface area contributed by atoms with Gasteiger partial charge in [-0.15, -0.1) is 0 Å². The third kappa shape index (κ3) is 2.71. The van der Waals surface area contributed by atoms with E-state index in [2.05, 4.69) is 33.5 Å². The Morgan fingerprint density at radius 1 is 1.40 bits per heavy atom. The lowest BCUT2D eigenvalue weighted by Gasteiger charge is -2.08. The van der Waals surface area contributed by atoms with Gasteiger partial charge in [-0.25, -0.2) is 9.97 Å². The molecule has 0 unspecified atom stereocenters. The standard InChI is InChI=1S/C14H16N4OS/c1-10(2)16-9-11-13(20-14-15-6-8-19-14)17-12-5-3-4-7-18(11)12/h3-8,10,16H,9H2,1-2H3. The van der Waals surface area contributed by atoms with E-state index in [9.17, 15) is 0 Å². The van der Waals surface area contributed by atoms with Crippen LogP contribution in [0.2, 0.25) is 0 Å². The maximum atomic E-state index is 5.30. The van der Waals surface area contributed by atoms with Crippen LogP contribution in [-0.2, 0) is 6.54 Å². The van der Waals surface area contributed by atoms with E-state index in [0.29, 0.717) is 11.3 Å². The van der Waals surface area contributed by atoms with E-state index in [1.54, 1.807) is 12.5 Å². The lowest BCUT2D eigenvalue weighted by atomic mass is 10.3. The first-order valence-electron chi connectivity index (χ1n) is 6.50. The summed E-state index contributed by atoms with van der Waals surface area (Å²) in [6, 6.07) is 6.41. The molecule has 0 amide bonds. The zero-order valence-electron chi connectivity index (χ0n) is 11.4. The normalized spacial score (nSPS) is 11.6. The van der Waals surface area contributed by atoms with E-state index in [1.807, 2.05) is 24.4 Å². The molecule has 0 spiro atoms. The summed E-state index contributed by atoms with van der Waals surface area (Å²) in [5, 5.41) is 4.97. The van der Waals surface area contributed by atoms with Crippen molar-refractivity contribution in [1.82, 2.24) is 19.7 Å². The first-order chi connectivity index (χ1) is 9.74. The zero-order valence-corrected chi connectivity index (χ0v) is 12.2. The second kappa shape index (κ2) is 5.68. The van der Waals surface area contributed by atoms with Crippen LogP contribution in [0.3, 0.4) is 0 Å². The molecule has 0 aliphatic rings. The number of nitrogens with zero attached hydrogens (tertiary/aromatic N) is 3. The van der Waals surface area contributed by atoms with Crippen LogP contribution in [0.15, 0.2) is 51.5 Å². The van der Waals surface area contributed by atoms with Gasteiger partial charge in [0, 0.05) is 18.8 Å². The number of imidazole rings is 1. The number of hydrogen-bond donors (Lipinski definition) is 1. The van der Waals surface area contributed by atoms with E-state index in [-0.39, 0.29) is 0 Å². The molecule has 104 valence electrons. The Kier molecular flexibility index (Phi) is 3.75. The molecule has 0 aliphatic carbocycles. The smallest absolute Gasteiger partial charge is 0.262 e. The van der Waals surface area contributed by atoms with Gasteiger partial charge in [0.05, 0.1) is 11.9 Å². The molecule has 0 aromatic carbocycles. The van der Waals surface area contributed by atoms with Gasteiger partial charge in [-0.3, -0.25) is 0 Å². The average Bonchev–Trinajstić information content (AvgIpc) is 3.04. The molecule has 0 aliphatic heterocycles. The highest BCUT2D eigenvalue weighted by Crippen LogP contribution is 2.29. The Morgan fingerprint density at radius 3 is 3.05 bits per heavy atom. The van der Waals surface area contributed by atoms with E-state index in [0.717, 1.165) is 22.9 Å². The minimum Gasteiger partial charge on any atom is -0.440 e. The summed E-state index contributed by atoms with van der Waals surface area (Å²) in [7, 11) is 0. The maximum absolute atomic E-state index is 5.30. The van der Waals surface area contributed by atoms with Gasteiger partial charge in [0.25, 0.3) is 5.22 Å². The third-order valence-corrected chi connectivity index (χ3v) is 3.76. The number of aromatic nitrogens is 3. The van der Waals surface area contributed by atoms with Crippen LogP contribution in [0.4, 0.5) is 0 Å². The van der Waals surface area contributed by atoms with Crippen LogP contribution in [0.1, 0.15) is 19.5 Å². The second-order valence-corrected chi connectivity index (χ2v) is 5.67. The van der Waals surface area contributed by atoms with E-state index >= 15 is 0 Å². The zero-order chi connectivity index (χ0) is 13.9. The molecule has 0 atom stereocenters. The highest BCUT2D eigenvalue weighted by molar-refractivity contribution is 7.99. The monoisotopic (exact) mass is 288 g/mol. The third-order valence-electron chi connectivity index (χ3n) is 2.86. The van der Waals surface area contributed by atoms with Gasteiger partial charge in [-0.05, 0) is 23.9 Å². The van der Waals surface area contributed by atoms with Gasteiger partial charge in [0.15, 0.2) is 0 Å². The molecule has 0 saturated heterocycles. The van der Waals surface area contributed by atoms with Crippen molar-refractivity contribution in [3.05, 3.63) is 42.5 Å². The number of hydrogen-bond acceptors (Lipinski definition) is 5. The number of rotatable bonds is 5. The molecule has 0 saturated carbocycles. The van der Waals surface area contributed by atoms with Crippen molar-refractivity contribution < 1.29 is 4.42 Å². The molecule has 5 nitrogen and oxygen atoms in total. The van der Waals surface area contributed by atoms with Crippen molar-refractivity contribution in [1.29, 1.82) is 0 Å². The molecule has 0 bridgehead atoms. The van der Waals surface area contributed by atoms with Crippen LogP contribution in [0, 0.1) is 0 Å². The van der Waals surface area contributed by atoms with Crippen molar-refractivity contribution in [3.63, 3.8) is 0 Å². The summed E-state index contributed by atoms with van der Waals surface area (Å²) in [5.74, 6) is 0. The molecule has 1 N–H and O–H groups in total. The quantitative estimate of drug-likeness (QED) is 0.782.